The molecule has 0 aliphatic heterocycles. The van der Waals surface area contributed by atoms with Gasteiger partial charge >= 0.3 is 0 Å². The van der Waals surface area contributed by atoms with Gasteiger partial charge in [-0.05, 0) is 37.1 Å². The van der Waals surface area contributed by atoms with Gasteiger partial charge in [0.2, 0.25) is 0 Å². The van der Waals surface area contributed by atoms with Crippen LogP contribution in [-0.2, 0) is 0 Å². The van der Waals surface area contributed by atoms with Crippen LogP contribution >= 0.6 is 0 Å². The number of aryl methyl sites for hydroxylation is 1. The standard InChI is InChI=1S/C15H21N3O/c1-4-11(8-16)15-17-9-13(18-15)12-5-6-14(19-3)10(2)7-12/h5-7,9,11H,4,8,16H2,1-3H3,(H,17,18). The quantitative estimate of drug-likeness (QED) is 0.867. The number of nitrogens with one attached hydrogen (secondary N) is 1. The van der Waals surface area contributed by atoms with Crippen LogP contribution in [0.5, 0.6) is 5.75 Å². The Morgan fingerprint density at radius 3 is 2.79 bits per heavy atom. The van der Waals surface area contributed by atoms with Crippen molar-refractivity contribution in [3.63, 3.8) is 0 Å². The lowest BCUT2D eigenvalue weighted by molar-refractivity contribution is 0.412. The summed E-state index contributed by atoms with van der Waals surface area (Å²) in [6, 6.07) is 6.11. The highest BCUT2D eigenvalue weighted by Crippen LogP contribution is 2.26. The zero-order valence-electron chi connectivity index (χ0n) is 11.7. The van der Waals surface area contributed by atoms with Gasteiger partial charge in [0.15, 0.2) is 0 Å². The molecule has 102 valence electrons. The van der Waals surface area contributed by atoms with Crippen molar-refractivity contribution < 1.29 is 4.74 Å². The average Bonchev–Trinajstić information content (AvgIpc) is 2.90. The molecule has 4 nitrogen and oxygen atoms in total. The largest absolute Gasteiger partial charge is 0.496 e. The van der Waals surface area contributed by atoms with Gasteiger partial charge < -0.3 is 15.5 Å². The summed E-state index contributed by atoms with van der Waals surface area (Å²) < 4.78 is 5.27. The molecule has 19 heavy (non-hydrogen) atoms. The van der Waals surface area contributed by atoms with E-state index in [1.165, 1.54) is 0 Å². The van der Waals surface area contributed by atoms with E-state index in [0.717, 1.165) is 34.8 Å². The lowest BCUT2D eigenvalue weighted by Crippen LogP contribution is -2.12. The van der Waals surface area contributed by atoms with Gasteiger partial charge in [-0.1, -0.05) is 6.92 Å². The topological polar surface area (TPSA) is 63.9 Å². The van der Waals surface area contributed by atoms with Crippen molar-refractivity contribution in [2.45, 2.75) is 26.2 Å². The Morgan fingerprint density at radius 1 is 1.42 bits per heavy atom. The predicted octanol–water partition coefficient (Wildman–Crippen LogP) is 2.85. The number of nitrogens with two attached hydrogens (primary N) is 1. The summed E-state index contributed by atoms with van der Waals surface area (Å²) in [6.07, 6.45) is 2.86. The summed E-state index contributed by atoms with van der Waals surface area (Å²) in [5.41, 5.74) is 9.00. The molecule has 0 bridgehead atoms. The van der Waals surface area contributed by atoms with Gasteiger partial charge in [0.05, 0.1) is 19.0 Å². The monoisotopic (exact) mass is 259 g/mol. The predicted molar refractivity (Wildman–Crippen MR) is 77.4 cm³/mol. The summed E-state index contributed by atoms with van der Waals surface area (Å²) in [6.45, 7) is 4.77. The van der Waals surface area contributed by atoms with Gasteiger partial charge in [-0.2, -0.15) is 0 Å². The van der Waals surface area contributed by atoms with E-state index in [1.807, 2.05) is 25.3 Å². The Morgan fingerprint density at radius 2 is 2.21 bits per heavy atom. The van der Waals surface area contributed by atoms with Gasteiger partial charge in [-0.15, -0.1) is 0 Å². The Bertz CT molecular complexity index is 544. The van der Waals surface area contributed by atoms with Crippen LogP contribution in [0.2, 0.25) is 0 Å². The molecule has 0 aliphatic carbocycles. The van der Waals surface area contributed by atoms with Gasteiger partial charge in [0.25, 0.3) is 0 Å². The van der Waals surface area contributed by atoms with E-state index < -0.39 is 0 Å². The number of rotatable bonds is 5. The first-order valence-electron chi connectivity index (χ1n) is 6.59. The summed E-state index contributed by atoms with van der Waals surface area (Å²) in [5.74, 6) is 2.17. The molecule has 2 aromatic rings. The summed E-state index contributed by atoms with van der Waals surface area (Å²) in [5, 5.41) is 0. The highest BCUT2D eigenvalue weighted by molar-refractivity contribution is 5.61. The molecule has 0 saturated carbocycles. The molecule has 0 spiro atoms. The molecule has 0 radical (unpaired) electrons. The van der Waals surface area contributed by atoms with Crippen LogP contribution in [0.3, 0.4) is 0 Å². The minimum atomic E-state index is 0.299. The number of H-pyrrole nitrogens is 1. The molecule has 1 heterocycles. The summed E-state index contributed by atoms with van der Waals surface area (Å²) >= 11 is 0. The molecule has 0 fully saturated rings. The first-order chi connectivity index (χ1) is 9.19. The van der Waals surface area contributed by atoms with Crippen LogP contribution in [0.1, 0.15) is 30.7 Å². The molecule has 2 rings (SSSR count). The van der Waals surface area contributed by atoms with Crippen molar-refractivity contribution in [2.24, 2.45) is 5.73 Å². The Kier molecular flexibility index (Phi) is 4.22. The maximum atomic E-state index is 5.75. The van der Waals surface area contributed by atoms with E-state index in [2.05, 4.69) is 23.0 Å². The maximum absolute atomic E-state index is 5.75. The first kappa shape index (κ1) is 13.6. The van der Waals surface area contributed by atoms with Crippen LogP contribution in [0.4, 0.5) is 0 Å². The fourth-order valence-electron chi connectivity index (χ4n) is 2.21. The SMILES string of the molecule is CCC(CN)c1ncc(-c2ccc(OC)c(C)c2)[nH]1. The summed E-state index contributed by atoms with van der Waals surface area (Å²) in [4.78, 5) is 7.80. The number of aromatic amines is 1. The number of benzene rings is 1. The molecule has 1 atom stereocenters. The van der Waals surface area contributed by atoms with E-state index in [4.69, 9.17) is 10.5 Å². The molecule has 1 unspecified atom stereocenters. The minimum Gasteiger partial charge on any atom is -0.496 e. The third kappa shape index (κ3) is 2.79. The lowest BCUT2D eigenvalue weighted by Gasteiger charge is -2.08. The van der Waals surface area contributed by atoms with Crippen molar-refractivity contribution >= 4 is 0 Å². The van der Waals surface area contributed by atoms with Crippen molar-refractivity contribution in [1.82, 2.24) is 9.97 Å². The van der Waals surface area contributed by atoms with Crippen molar-refractivity contribution in [3.05, 3.63) is 35.8 Å². The Labute approximate surface area is 114 Å². The van der Waals surface area contributed by atoms with Gasteiger partial charge in [-0.25, -0.2) is 4.98 Å². The highest BCUT2D eigenvalue weighted by atomic mass is 16.5. The smallest absolute Gasteiger partial charge is 0.121 e. The second-order valence-corrected chi connectivity index (χ2v) is 4.71. The number of ether oxygens (including phenoxy) is 1. The summed E-state index contributed by atoms with van der Waals surface area (Å²) in [7, 11) is 1.68. The van der Waals surface area contributed by atoms with E-state index in [0.29, 0.717) is 12.5 Å². The Hall–Kier alpha value is -1.81. The second-order valence-electron chi connectivity index (χ2n) is 4.71. The molecule has 0 saturated heterocycles. The molecular weight excluding hydrogens is 238 g/mol. The van der Waals surface area contributed by atoms with E-state index >= 15 is 0 Å². The maximum Gasteiger partial charge on any atom is 0.121 e. The zero-order valence-corrected chi connectivity index (χ0v) is 11.7. The van der Waals surface area contributed by atoms with Crippen LogP contribution < -0.4 is 10.5 Å². The number of hydrogen-bond donors (Lipinski definition) is 2. The normalized spacial score (nSPS) is 12.4. The van der Waals surface area contributed by atoms with Crippen LogP contribution in [0, 0.1) is 6.92 Å². The number of aromatic nitrogens is 2. The third-order valence-corrected chi connectivity index (χ3v) is 3.47. The van der Waals surface area contributed by atoms with Gasteiger partial charge in [-0.3, -0.25) is 0 Å². The fraction of sp³-hybridized carbons (Fsp3) is 0.400. The van der Waals surface area contributed by atoms with Crippen molar-refractivity contribution in [1.29, 1.82) is 0 Å². The van der Waals surface area contributed by atoms with Crippen molar-refractivity contribution in [3.8, 4) is 17.0 Å². The lowest BCUT2D eigenvalue weighted by atomic mass is 10.1. The highest BCUT2D eigenvalue weighted by Gasteiger charge is 2.12. The minimum absolute atomic E-state index is 0.299. The van der Waals surface area contributed by atoms with Gasteiger partial charge in [0.1, 0.15) is 11.6 Å². The molecule has 4 heteroatoms. The van der Waals surface area contributed by atoms with E-state index in [1.54, 1.807) is 7.11 Å². The molecule has 1 aromatic carbocycles. The number of methoxy groups -OCH3 is 1. The third-order valence-electron chi connectivity index (χ3n) is 3.47. The first-order valence-corrected chi connectivity index (χ1v) is 6.59. The Balaban J connectivity index is 2.30. The second kappa shape index (κ2) is 5.89. The molecule has 1 aromatic heterocycles. The molecule has 0 aliphatic rings. The zero-order chi connectivity index (χ0) is 13.8. The van der Waals surface area contributed by atoms with Crippen molar-refractivity contribution in [2.75, 3.05) is 13.7 Å². The van der Waals surface area contributed by atoms with Crippen LogP contribution in [0.15, 0.2) is 24.4 Å². The molecule has 0 amide bonds. The number of nitrogens with zero attached hydrogens (tertiary/aromatic N) is 1. The van der Waals surface area contributed by atoms with Gasteiger partial charge in [0, 0.05) is 18.0 Å². The average molecular weight is 259 g/mol. The molecular formula is C15H21N3O. The van der Waals surface area contributed by atoms with Crippen LogP contribution in [-0.4, -0.2) is 23.6 Å². The fourth-order valence-corrected chi connectivity index (χ4v) is 2.21. The van der Waals surface area contributed by atoms with E-state index in [9.17, 15) is 0 Å². The molecule has 3 N–H and O–H groups in total. The number of hydrogen-bond acceptors (Lipinski definition) is 3. The number of imidazole rings is 1. The van der Waals surface area contributed by atoms with E-state index in [-0.39, 0.29) is 0 Å². The van der Waals surface area contributed by atoms with Crippen LogP contribution in [0.25, 0.3) is 11.3 Å².